The third-order valence-corrected chi connectivity index (χ3v) is 7.54. The molecule has 150 valence electrons. The number of nitrogens with one attached hydrogen (secondary N) is 1. The molecule has 1 aromatic heterocycles. The second-order valence-corrected chi connectivity index (χ2v) is 10.1. The predicted molar refractivity (Wildman–Crippen MR) is 110 cm³/mol. The average Bonchev–Trinajstić information content (AvgIpc) is 2.61. The van der Waals surface area contributed by atoms with Crippen LogP contribution in [0.15, 0.2) is 41.6 Å². The molecule has 8 heteroatoms. The van der Waals surface area contributed by atoms with Crippen molar-refractivity contribution < 1.29 is 13.2 Å². The van der Waals surface area contributed by atoms with E-state index in [1.165, 1.54) is 30.9 Å². The minimum atomic E-state index is -3.79. The van der Waals surface area contributed by atoms with Crippen molar-refractivity contribution in [1.29, 1.82) is 0 Å². The van der Waals surface area contributed by atoms with Crippen molar-refractivity contribution >= 4 is 38.9 Å². The number of benzene rings is 1. The van der Waals surface area contributed by atoms with E-state index in [2.05, 4.69) is 17.2 Å². The quantitative estimate of drug-likeness (QED) is 0.732. The van der Waals surface area contributed by atoms with Crippen molar-refractivity contribution in [1.82, 2.24) is 10.3 Å². The van der Waals surface area contributed by atoms with Gasteiger partial charge in [-0.05, 0) is 42.5 Å². The Morgan fingerprint density at radius 3 is 2.61 bits per heavy atom. The Balaban J connectivity index is 1.77. The van der Waals surface area contributed by atoms with Gasteiger partial charge in [-0.25, -0.2) is 8.42 Å². The maximum atomic E-state index is 12.8. The van der Waals surface area contributed by atoms with Crippen LogP contribution >= 0.6 is 23.2 Å². The standard InChI is InChI=1S/C20H22Cl2N2O3S/c1-13-4-2-5-16(8-13)24-20(25)15-9-14(10-23-11-15)12-28(26,27)19-17(21)6-3-7-18(19)22/h3,6-7,9-11,13,16H,2,4-5,8,12H2,1H3,(H,24,25). The molecule has 0 aliphatic heterocycles. The highest BCUT2D eigenvalue weighted by atomic mass is 35.5. The van der Waals surface area contributed by atoms with Crippen LogP contribution in [-0.2, 0) is 15.6 Å². The van der Waals surface area contributed by atoms with Gasteiger partial charge in [0.15, 0.2) is 9.84 Å². The van der Waals surface area contributed by atoms with Gasteiger partial charge >= 0.3 is 0 Å². The maximum absolute atomic E-state index is 12.8. The second-order valence-electron chi connectivity index (χ2n) is 7.33. The highest BCUT2D eigenvalue weighted by molar-refractivity contribution is 7.90. The SMILES string of the molecule is CC1CCCC(NC(=O)c2cncc(CS(=O)(=O)c3c(Cl)cccc3Cl)c2)C1. The van der Waals surface area contributed by atoms with E-state index in [1.807, 2.05) is 0 Å². The molecule has 2 atom stereocenters. The number of carbonyl (C=O) groups is 1. The Morgan fingerprint density at radius 1 is 1.21 bits per heavy atom. The molecule has 28 heavy (non-hydrogen) atoms. The van der Waals surface area contributed by atoms with E-state index in [1.54, 1.807) is 12.1 Å². The molecular formula is C20H22Cl2N2O3S. The van der Waals surface area contributed by atoms with E-state index in [0.717, 1.165) is 19.3 Å². The van der Waals surface area contributed by atoms with E-state index in [0.29, 0.717) is 17.0 Å². The van der Waals surface area contributed by atoms with Gasteiger partial charge in [-0.3, -0.25) is 9.78 Å². The van der Waals surface area contributed by atoms with Gasteiger partial charge in [0.1, 0.15) is 4.90 Å². The summed E-state index contributed by atoms with van der Waals surface area (Å²) in [6.45, 7) is 2.19. The van der Waals surface area contributed by atoms with Crippen LogP contribution in [0.3, 0.4) is 0 Å². The number of pyridine rings is 1. The molecule has 1 N–H and O–H groups in total. The monoisotopic (exact) mass is 440 g/mol. The number of carbonyl (C=O) groups excluding carboxylic acids is 1. The first kappa shape index (κ1) is 21.1. The Kier molecular flexibility index (Phi) is 6.63. The minimum Gasteiger partial charge on any atom is -0.349 e. The fraction of sp³-hybridized carbons (Fsp3) is 0.400. The van der Waals surface area contributed by atoms with Crippen molar-refractivity contribution in [2.24, 2.45) is 5.92 Å². The number of halogens is 2. The lowest BCUT2D eigenvalue weighted by molar-refractivity contribution is 0.0921. The summed E-state index contributed by atoms with van der Waals surface area (Å²) in [5, 5.41) is 3.18. The minimum absolute atomic E-state index is 0.0702. The number of sulfone groups is 1. The molecule has 0 spiro atoms. The van der Waals surface area contributed by atoms with Crippen molar-refractivity contribution in [3.8, 4) is 0 Å². The second kappa shape index (κ2) is 8.80. The average molecular weight is 441 g/mol. The Hall–Kier alpha value is -1.63. The summed E-state index contributed by atoms with van der Waals surface area (Å²) in [6.07, 6.45) is 7.08. The molecule has 2 aromatic rings. The van der Waals surface area contributed by atoms with Crippen molar-refractivity contribution in [3.63, 3.8) is 0 Å². The first-order valence-electron chi connectivity index (χ1n) is 9.18. The Bertz CT molecular complexity index is 959. The van der Waals surface area contributed by atoms with Gasteiger partial charge in [-0.1, -0.05) is 49.0 Å². The van der Waals surface area contributed by atoms with Crippen LogP contribution in [0.4, 0.5) is 0 Å². The third kappa shape index (κ3) is 5.04. The fourth-order valence-corrected chi connectivity index (χ4v) is 6.17. The summed E-state index contributed by atoms with van der Waals surface area (Å²) in [5.41, 5.74) is 0.747. The molecule has 0 radical (unpaired) electrons. The van der Waals surface area contributed by atoms with Crippen molar-refractivity contribution in [2.75, 3.05) is 0 Å². The van der Waals surface area contributed by atoms with Crippen LogP contribution in [-0.4, -0.2) is 25.4 Å². The summed E-state index contributed by atoms with van der Waals surface area (Å²) in [6, 6.07) is 6.24. The summed E-state index contributed by atoms with van der Waals surface area (Å²) in [7, 11) is -3.79. The molecule has 1 saturated carbocycles. The van der Waals surface area contributed by atoms with E-state index in [4.69, 9.17) is 23.2 Å². The predicted octanol–water partition coefficient (Wildman–Crippen LogP) is 4.67. The molecule has 0 bridgehead atoms. The number of hydrogen-bond donors (Lipinski definition) is 1. The zero-order valence-corrected chi connectivity index (χ0v) is 17.8. The fourth-order valence-electron chi connectivity index (χ4n) is 3.60. The normalized spacial score (nSPS) is 20.0. The topological polar surface area (TPSA) is 76.1 Å². The molecule has 1 aromatic carbocycles. The lowest BCUT2D eigenvalue weighted by Gasteiger charge is -2.27. The molecule has 3 rings (SSSR count). The molecule has 5 nitrogen and oxygen atoms in total. The van der Waals surface area contributed by atoms with Crippen LogP contribution in [0.1, 0.15) is 48.5 Å². The molecule has 0 saturated heterocycles. The molecule has 1 fully saturated rings. The molecule has 1 heterocycles. The van der Waals surface area contributed by atoms with Gasteiger partial charge in [-0.15, -0.1) is 0 Å². The first-order chi connectivity index (χ1) is 13.3. The maximum Gasteiger partial charge on any atom is 0.253 e. The van der Waals surface area contributed by atoms with Crippen LogP contribution in [0.2, 0.25) is 10.0 Å². The lowest BCUT2D eigenvalue weighted by Crippen LogP contribution is -2.38. The van der Waals surface area contributed by atoms with E-state index in [9.17, 15) is 13.2 Å². The number of rotatable bonds is 5. The number of aromatic nitrogens is 1. The first-order valence-corrected chi connectivity index (χ1v) is 11.6. The lowest BCUT2D eigenvalue weighted by atomic mass is 9.87. The number of amides is 1. The Morgan fingerprint density at radius 2 is 1.93 bits per heavy atom. The number of nitrogens with zero attached hydrogens (tertiary/aromatic N) is 1. The summed E-state index contributed by atoms with van der Waals surface area (Å²) < 4.78 is 25.6. The molecule has 1 aliphatic carbocycles. The van der Waals surface area contributed by atoms with Crippen molar-refractivity contribution in [2.45, 2.75) is 49.3 Å². The largest absolute Gasteiger partial charge is 0.349 e. The molecule has 1 aliphatic rings. The van der Waals surface area contributed by atoms with E-state index >= 15 is 0 Å². The molecule has 1 amide bonds. The van der Waals surface area contributed by atoms with Gasteiger partial charge in [0, 0.05) is 18.4 Å². The highest BCUT2D eigenvalue weighted by Crippen LogP contribution is 2.31. The zero-order chi connectivity index (χ0) is 20.3. The van der Waals surface area contributed by atoms with Crippen LogP contribution in [0.25, 0.3) is 0 Å². The van der Waals surface area contributed by atoms with E-state index < -0.39 is 9.84 Å². The van der Waals surface area contributed by atoms with E-state index in [-0.39, 0.29) is 32.6 Å². The van der Waals surface area contributed by atoms with Crippen LogP contribution in [0, 0.1) is 5.92 Å². The van der Waals surface area contributed by atoms with Gasteiger partial charge in [0.05, 0.1) is 21.4 Å². The highest BCUT2D eigenvalue weighted by Gasteiger charge is 2.24. The Labute approximate surface area is 175 Å². The smallest absolute Gasteiger partial charge is 0.253 e. The van der Waals surface area contributed by atoms with Gasteiger partial charge < -0.3 is 5.32 Å². The summed E-state index contributed by atoms with van der Waals surface area (Å²) in [4.78, 5) is 16.5. The summed E-state index contributed by atoms with van der Waals surface area (Å²) in [5.74, 6) is 0.0149. The van der Waals surface area contributed by atoms with Gasteiger partial charge in [-0.2, -0.15) is 0 Å². The van der Waals surface area contributed by atoms with Crippen LogP contribution < -0.4 is 5.32 Å². The molecule has 2 unspecified atom stereocenters. The van der Waals surface area contributed by atoms with Gasteiger partial charge in [0.2, 0.25) is 0 Å². The van der Waals surface area contributed by atoms with Crippen molar-refractivity contribution in [3.05, 3.63) is 57.8 Å². The molecular weight excluding hydrogens is 419 g/mol. The van der Waals surface area contributed by atoms with Gasteiger partial charge in [0.25, 0.3) is 5.91 Å². The zero-order valence-electron chi connectivity index (χ0n) is 15.5. The summed E-state index contributed by atoms with van der Waals surface area (Å²) >= 11 is 12.1. The number of hydrogen-bond acceptors (Lipinski definition) is 4. The third-order valence-electron chi connectivity index (χ3n) is 4.92. The van der Waals surface area contributed by atoms with Crippen LogP contribution in [0.5, 0.6) is 0 Å².